The molecule has 1 saturated heterocycles. The first kappa shape index (κ1) is 16.7. The molecule has 1 unspecified atom stereocenters. The number of rotatable bonds is 6. The minimum atomic E-state index is 0.469. The van der Waals surface area contributed by atoms with Gasteiger partial charge in [0.05, 0.1) is 0 Å². The van der Waals surface area contributed by atoms with Crippen LogP contribution in [0, 0.1) is 5.92 Å². The van der Waals surface area contributed by atoms with E-state index < -0.39 is 0 Å². The van der Waals surface area contributed by atoms with E-state index in [0.29, 0.717) is 6.04 Å². The van der Waals surface area contributed by atoms with Crippen molar-refractivity contribution in [2.24, 2.45) is 10.9 Å². The summed E-state index contributed by atoms with van der Waals surface area (Å²) in [5.74, 6) is 1.70. The maximum absolute atomic E-state index is 4.34. The van der Waals surface area contributed by atoms with Gasteiger partial charge in [-0.25, -0.2) is 0 Å². The van der Waals surface area contributed by atoms with Crippen LogP contribution >= 0.6 is 0 Å². The van der Waals surface area contributed by atoms with Crippen LogP contribution in [0.2, 0.25) is 0 Å². The van der Waals surface area contributed by atoms with Gasteiger partial charge >= 0.3 is 0 Å². The summed E-state index contributed by atoms with van der Waals surface area (Å²) in [6, 6.07) is 11.1. The SMILES string of the molecule is CN=C(NCCCC(C)C)NC1CCN(c2ccccc2)C1. The summed E-state index contributed by atoms with van der Waals surface area (Å²) in [6.45, 7) is 7.67. The van der Waals surface area contributed by atoms with Crippen molar-refractivity contribution in [3.05, 3.63) is 30.3 Å². The molecule has 1 aliphatic rings. The van der Waals surface area contributed by atoms with Gasteiger partial charge in [0, 0.05) is 38.4 Å². The number of para-hydroxylation sites is 1. The van der Waals surface area contributed by atoms with E-state index in [1.54, 1.807) is 0 Å². The Labute approximate surface area is 135 Å². The molecule has 0 bridgehead atoms. The van der Waals surface area contributed by atoms with Gasteiger partial charge in [0.25, 0.3) is 0 Å². The van der Waals surface area contributed by atoms with Crippen molar-refractivity contribution in [1.29, 1.82) is 0 Å². The zero-order valence-electron chi connectivity index (χ0n) is 14.2. The van der Waals surface area contributed by atoms with Crippen molar-refractivity contribution in [2.75, 3.05) is 31.6 Å². The number of hydrogen-bond donors (Lipinski definition) is 2. The van der Waals surface area contributed by atoms with Gasteiger partial charge in [0.2, 0.25) is 0 Å². The lowest BCUT2D eigenvalue weighted by Crippen LogP contribution is -2.44. The molecule has 1 heterocycles. The van der Waals surface area contributed by atoms with Gasteiger partial charge in [-0.05, 0) is 37.3 Å². The summed E-state index contributed by atoms with van der Waals surface area (Å²) in [5, 5.41) is 6.98. The highest BCUT2D eigenvalue weighted by Crippen LogP contribution is 2.19. The molecule has 1 fully saturated rings. The zero-order chi connectivity index (χ0) is 15.8. The minimum Gasteiger partial charge on any atom is -0.369 e. The number of aliphatic imine (C=N–C) groups is 1. The van der Waals surface area contributed by atoms with Gasteiger partial charge in [-0.1, -0.05) is 32.0 Å². The highest BCUT2D eigenvalue weighted by Gasteiger charge is 2.23. The Bertz CT molecular complexity index is 455. The Hall–Kier alpha value is -1.71. The van der Waals surface area contributed by atoms with Gasteiger partial charge in [-0.15, -0.1) is 0 Å². The van der Waals surface area contributed by atoms with E-state index in [1.165, 1.54) is 18.5 Å². The number of benzene rings is 1. The van der Waals surface area contributed by atoms with Crippen molar-refractivity contribution in [3.63, 3.8) is 0 Å². The molecule has 0 spiro atoms. The third-order valence-electron chi connectivity index (χ3n) is 4.12. The first-order valence-electron chi connectivity index (χ1n) is 8.46. The Morgan fingerprint density at radius 1 is 1.32 bits per heavy atom. The van der Waals surface area contributed by atoms with E-state index >= 15 is 0 Å². The van der Waals surface area contributed by atoms with Gasteiger partial charge < -0.3 is 15.5 Å². The molecule has 4 heteroatoms. The average molecular weight is 302 g/mol. The van der Waals surface area contributed by atoms with Crippen LogP contribution in [0.4, 0.5) is 5.69 Å². The molecule has 2 N–H and O–H groups in total. The normalized spacial score (nSPS) is 18.8. The van der Waals surface area contributed by atoms with Gasteiger partial charge in [-0.2, -0.15) is 0 Å². The average Bonchev–Trinajstić information content (AvgIpc) is 2.99. The predicted molar refractivity (Wildman–Crippen MR) is 95.6 cm³/mol. The van der Waals surface area contributed by atoms with Crippen molar-refractivity contribution >= 4 is 11.6 Å². The second kappa shape index (κ2) is 8.66. The molecule has 4 nitrogen and oxygen atoms in total. The number of nitrogens with one attached hydrogen (secondary N) is 2. The smallest absolute Gasteiger partial charge is 0.191 e. The molecule has 1 aromatic rings. The van der Waals surface area contributed by atoms with E-state index in [-0.39, 0.29) is 0 Å². The summed E-state index contributed by atoms with van der Waals surface area (Å²) in [4.78, 5) is 6.78. The van der Waals surface area contributed by atoms with Gasteiger partial charge in [-0.3, -0.25) is 4.99 Å². The van der Waals surface area contributed by atoms with E-state index in [0.717, 1.165) is 37.9 Å². The summed E-state index contributed by atoms with van der Waals surface area (Å²) in [5.41, 5.74) is 1.31. The van der Waals surface area contributed by atoms with Crippen LogP contribution in [0.1, 0.15) is 33.1 Å². The van der Waals surface area contributed by atoms with Gasteiger partial charge in [0.15, 0.2) is 5.96 Å². The monoisotopic (exact) mass is 302 g/mol. The zero-order valence-corrected chi connectivity index (χ0v) is 14.2. The third kappa shape index (κ3) is 5.24. The number of anilines is 1. The molecule has 0 amide bonds. The fraction of sp³-hybridized carbons (Fsp3) is 0.611. The molecule has 2 rings (SSSR count). The van der Waals surface area contributed by atoms with Crippen molar-refractivity contribution < 1.29 is 0 Å². The second-order valence-corrected chi connectivity index (χ2v) is 6.45. The maximum atomic E-state index is 4.34. The Kier molecular flexibility index (Phi) is 6.56. The summed E-state index contributed by atoms with van der Waals surface area (Å²) >= 11 is 0. The van der Waals surface area contributed by atoms with Crippen LogP contribution in [0.5, 0.6) is 0 Å². The molecular formula is C18H30N4. The molecule has 0 aromatic heterocycles. The minimum absolute atomic E-state index is 0.469. The van der Waals surface area contributed by atoms with E-state index in [2.05, 4.69) is 64.7 Å². The van der Waals surface area contributed by atoms with Crippen molar-refractivity contribution in [3.8, 4) is 0 Å². The quantitative estimate of drug-likeness (QED) is 0.482. The van der Waals surface area contributed by atoms with E-state index in [4.69, 9.17) is 0 Å². The lowest BCUT2D eigenvalue weighted by molar-refractivity contribution is 0.546. The fourth-order valence-corrected chi connectivity index (χ4v) is 2.86. The highest BCUT2D eigenvalue weighted by atomic mass is 15.2. The molecule has 22 heavy (non-hydrogen) atoms. The molecule has 1 aliphatic heterocycles. The van der Waals surface area contributed by atoms with E-state index in [1.807, 2.05) is 7.05 Å². The molecule has 0 saturated carbocycles. The lowest BCUT2D eigenvalue weighted by Gasteiger charge is -2.20. The highest BCUT2D eigenvalue weighted by molar-refractivity contribution is 5.80. The molecule has 1 atom stereocenters. The molecule has 0 aliphatic carbocycles. The number of guanidine groups is 1. The second-order valence-electron chi connectivity index (χ2n) is 6.45. The van der Waals surface area contributed by atoms with Crippen LogP contribution in [0.3, 0.4) is 0 Å². The summed E-state index contributed by atoms with van der Waals surface area (Å²) in [6.07, 6.45) is 3.61. The van der Waals surface area contributed by atoms with Crippen LogP contribution in [0.25, 0.3) is 0 Å². The van der Waals surface area contributed by atoms with Crippen LogP contribution in [-0.2, 0) is 0 Å². The predicted octanol–water partition coefficient (Wildman–Crippen LogP) is 2.87. The summed E-state index contributed by atoms with van der Waals surface area (Å²) < 4.78 is 0. The summed E-state index contributed by atoms with van der Waals surface area (Å²) in [7, 11) is 1.85. The Morgan fingerprint density at radius 2 is 2.09 bits per heavy atom. The van der Waals surface area contributed by atoms with Crippen molar-refractivity contribution in [2.45, 2.75) is 39.2 Å². The van der Waals surface area contributed by atoms with Crippen LogP contribution in [-0.4, -0.2) is 38.7 Å². The first-order valence-corrected chi connectivity index (χ1v) is 8.46. The van der Waals surface area contributed by atoms with E-state index in [9.17, 15) is 0 Å². The molecule has 1 aromatic carbocycles. The molecule has 0 radical (unpaired) electrons. The fourth-order valence-electron chi connectivity index (χ4n) is 2.86. The first-order chi connectivity index (χ1) is 10.7. The lowest BCUT2D eigenvalue weighted by atomic mass is 10.1. The maximum Gasteiger partial charge on any atom is 0.191 e. The van der Waals surface area contributed by atoms with Crippen molar-refractivity contribution in [1.82, 2.24) is 10.6 Å². The standard InChI is InChI=1S/C18H30N4/c1-15(2)8-7-12-20-18(19-3)21-16-11-13-22(14-16)17-9-5-4-6-10-17/h4-6,9-10,15-16H,7-8,11-14H2,1-3H3,(H2,19,20,21). The molecule has 122 valence electrons. The number of nitrogens with zero attached hydrogens (tertiary/aromatic N) is 2. The Morgan fingerprint density at radius 3 is 2.77 bits per heavy atom. The number of hydrogen-bond acceptors (Lipinski definition) is 2. The van der Waals surface area contributed by atoms with Crippen LogP contribution < -0.4 is 15.5 Å². The van der Waals surface area contributed by atoms with Gasteiger partial charge in [0.1, 0.15) is 0 Å². The largest absolute Gasteiger partial charge is 0.369 e. The Balaban J connectivity index is 1.74. The topological polar surface area (TPSA) is 39.7 Å². The molecular weight excluding hydrogens is 272 g/mol. The van der Waals surface area contributed by atoms with Crippen LogP contribution in [0.15, 0.2) is 35.3 Å². The third-order valence-corrected chi connectivity index (χ3v) is 4.12.